The van der Waals surface area contributed by atoms with E-state index in [0.29, 0.717) is 38.6 Å². The second-order valence-electron chi connectivity index (χ2n) is 10.7. The summed E-state index contributed by atoms with van der Waals surface area (Å²) in [5.41, 5.74) is -1.31. The summed E-state index contributed by atoms with van der Waals surface area (Å²) in [4.78, 5) is 24.2. The van der Waals surface area contributed by atoms with Crippen molar-refractivity contribution < 1.29 is 27.4 Å². The molecule has 0 atom stereocenters. The second-order valence-corrected chi connectivity index (χ2v) is 16.3. The van der Waals surface area contributed by atoms with E-state index in [1.807, 2.05) is 4.90 Å². The Hall–Kier alpha value is -2.34. The average molecular weight is 502 g/mol. The van der Waals surface area contributed by atoms with Gasteiger partial charge in [-0.05, 0) is 26.8 Å². The molecule has 8 nitrogen and oxygen atoms in total. The van der Waals surface area contributed by atoms with Gasteiger partial charge in [-0.25, -0.2) is 14.8 Å². The molecular weight excluding hydrogens is 467 g/mol. The van der Waals surface area contributed by atoms with Gasteiger partial charge in [0.05, 0.1) is 17.4 Å². The molecule has 190 valence electrons. The van der Waals surface area contributed by atoms with E-state index in [1.54, 1.807) is 25.7 Å². The predicted octanol–water partition coefficient (Wildman–Crippen LogP) is 4.82. The molecule has 2 aromatic heterocycles. The van der Waals surface area contributed by atoms with Crippen LogP contribution < -0.4 is 4.90 Å². The van der Waals surface area contributed by atoms with Gasteiger partial charge < -0.3 is 23.8 Å². The Bertz CT molecular complexity index is 1010. The lowest BCUT2D eigenvalue weighted by atomic mass is 10.2. The lowest BCUT2D eigenvalue weighted by molar-refractivity contribution is -0.136. The van der Waals surface area contributed by atoms with E-state index in [2.05, 4.69) is 29.6 Å². The minimum Gasteiger partial charge on any atom is -0.444 e. The molecule has 1 fully saturated rings. The molecule has 0 bridgehead atoms. The van der Waals surface area contributed by atoms with Crippen LogP contribution in [0.5, 0.6) is 0 Å². The average Bonchev–Trinajstić information content (AvgIpc) is 3.12. The van der Waals surface area contributed by atoms with Gasteiger partial charge in [0.1, 0.15) is 17.8 Å². The lowest BCUT2D eigenvalue weighted by Gasteiger charge is -2.36. The Morgan fingerprint density at radius 1 is 1.09 bits per heavy atom. The fourth-order valence-corrected chi connectivity index (χ4v) is 4.34. The molecule has 0 N–H and O–H groups in total. The summed E-state index contributed by atoms with van der Waals surface area (Å²) in [6, 6.07) is 0.917. The molecular formula is C22H34F3N5O3Si. The smallest absolute Gasteiger partial charge is 0.419 e. The van der Waals surface area contributed by atoms with Crippen molar-refractivity contribution >= 4 is 31.0 Å². The molecule has 0 saturated carbocycles. The number of pyridine rings is 1. The number of hydrogen-bond donors (Lipinski definition) is 0. The number of anilines is 1. The molecule has 1 aliphatic heterocycles. The van der Waals surface area contributed by atoms with Crippen molar-refractivity contribution in [1.82, 2.24) is 19.4 Å². The van der Waals surface area contributed by atoms with Crippen LogP contribution in [0.3, 0.4) is 0 Å². The summed E-state index contributed by atoms with van der Waals surface area (Å²) >= 11 is 0. The first-order chi connectivity index (χ1) is 15.7. The Kier molecular flexibility index (Phi) is 7.51. The molecule has 0 aromatic carbocycles. The second kappa shape index (κ2) is 9.72. The van der Waals surface area contributed by atoms with Gasteiger partial charge in [-0.1, -0.05) is 19.6 Å². The van der Waals surface area contributed by atoms with E-state index in [0.717, 1.165) is 12.2 Å². The standard InChI is InChI=1S/C22H34F3N5O3Si/c1-21(2,3)33-20(31)29-9-7-28(8-10-29)19-17-18(16(13-26-19)22(23,24)25)30(14-27-17)15-32-11-12-34(4,5)6/h13-14H,7-12,15H2,1-6H3. The lowest BCUT2D eigenvalue weighted by Crippen LogP contribution is -2.50. The monoisotopic (exact) mass is 501 g/mol. The van der Waals surface area contributed by atoms with Crippen LogP contribution in [0.15, 0.2) is 12.5 Å². The van der Waals surface area contributed by atoms with Gasteiger partial charge >= 0.3 is 12.3 Å². The molecule has 0 spiro atoms. The van der Waals surface area contributed by atoms with Crippen molar-refractivity contribution in [1.29, 1.82) is 0 Å². The van der Waals surface area contributed by atoms with Gasteiger partial charge in [-0.2, -0.15) is 13.2 Å². The number of fused-ring (bicyclic) bond motifs is 1. The summed E-state index contributed by atoms with van der Waals surface area (Å²) in [5.74, 6) is 0.368. The number of amides is 1. The zero-order chi connectivity index (χ0) is 25.3. The van der Waals surface area contributed by atoms with Crippen LogP contribution >= 0.6 is 0 Å². The van der Waals surface area contributed by atoms with Crippen LogP contribution in [0.25, 0.3) is 11.0 Å². The fourth-order valence-electron chi connectivity index (χ4n) is 3.58. The van der Waals surface area contributed by atoms with Crippen molar-refractivity contribution in [2.75, 3.05) is 37.7 Å². The van der Waals surface area contributed by atoms with E-state index in [9.17, 15) is 18.0 Å². The maximum absolute atomic E-state index is 13.8. The highest BCUT2D eigenvalue weighted by Gasteiger charge is 2.36. The number of piperazine rings is 1. The van der Waals surface area contributed by atoms with Gasteiger partial charge in [0.25, 0.3) is 0 Å². The van der Waals surface area contributed by atoms with Crippen LogP contribution in [0.2, 0.25) is 25.7 Å². The third-order valence-corrected chi connectivity index (χ3v) is 7.09. The molecule has 0 radical (unpaired) electrons. The Balaban J connectivity index is 1.80. The maximum atomic E-state index is 13.8. The number of halogens is 3. The zero-order valence-electron chi connectivity index (χ0n) is 20.7. The first kappa shape index (κ1) is 26.3. The van der Waals surface area contributed by atoms with E-state index >= 15 is 0 Å². The first-order valence-corrected chi connectivity index (χ1v) is 15.1. The van der Waals surface area contributed by atoms with Crippen LogP contribution in [-0.2, 0) is 22.4 Å². The van der Waals surface area contributed by atoms with Crippen LogP contribution in [0.4, 0.5) is 23.8 Å². The van der Waals surface area contributed by atoms with E-state index in [1.165, 1.54) is 10.9 Å². The Morgan fingerprint density at radius 3 is 2.29 bits per heavy atom. The summed E-state index contributed by atoms with van der Waals surface area (Å²) in [5, 5.41) is 0. The van der Waals surface area contributed by atoms with Gasteiger partial charge in [0.2, 0.25) is 0 Å². The number of ether oxygens (including phenoxy) is 2. The molecule has 34 heavy (non-hydrogen) atoms. The molecule has 1 saturated heterocycles. The predicted molar refractivity (Wildman–Crippen MR) is 127 cm³/mol. The van der Waals surface area contributed by atoms with Crippen LogP contribution in [0.1, 0.15) is 26.3 Å². The van der Waals surface area contributed by atoms with Crippen LogP contribution in [0, 0.1) is 0 Å². The van der Waals surface area contributed by atoms with Crippen molar-refractivity contribution in [3.63, 3.8) is 0 Å². The molecule has 1 amide bonds. The van der Waals surface area contributed by atoms with E-state index < -0.39 is 31.5 Å². The number of rotatable bonds is 6. The molecule has 0 aliphatic carbocycles. The SMILES string of the molecule is CC(C)(C)OC(=O)N1CCN(c2ncc(C(F)(F)F)c3c2ncn3COCC[Si](C)(C)C)CC1. The highest BCUT2D eigenvalue weighted by Crippen LogP contribution is 2.37. The van der Waals surface area contributed by atoms with E-state index in [-0.39, 0.29) is 17.8 Å². The molecule has 3 rings (SSSR count). The topological polar surface area (TPSA) is 72.7 Å². The number of carbonyl (C=O) groups excluding carboxylic acids is 1. The van der Waals surface area contributed by atoms with Crippen molar-refractivity contribution in [3.05, 3.63) is 18.1 Å². The van der Waals surface area contributed by atoms with Crippen molar-refractivity contribution in [2.45, 2.75) is 65.0 Å². The molecule has 3 heterocycles. The third kappa shape index (κ3) is 6.62. The van der Waals surface area contributed by atoms with Gasteiger partial charge in [0, 0.05) is 47.1 Å². The summed E-state index contributed by atoms with van der Waals surface area (Å²) in [6.07, 6.45) is -2.75. The normalized spacial score (nSPS) is 15.8. The molecule has 12 heteroatoms. The van der Waals surface area contributed by atoms with Gasteiger partial charge in [-0.3, -0.25) is 0 Å². The molecule has 0 unspecified atom stereocenters. The molecule has 1 aliphatic rings. The first-order valence-electron chi connectivity index (χ1n) is 11.4. The van der Waals surface area contributed by atoms with Gasteiger partial charge in [0.15, 0.2) is 5.82 Å². The van der Waals surface area contributed by atoms with Gasteiger partial charge in [-0.15, -0.1) is 0 Å². The Morgan fingerprint density at radius 2 is 1.74 bits per heavy atom. The molecule has 2 aromatic rings. The minimum atomic E-state index is -4.57. The quantitative estimate of drug-likeness (QED) is 0.418. The number of imidazole rings is 1. The highest BCUT2D eigenvalue weighted by atomic mass is 28.3. The summed E-state index contributed by atoms with van der Waals surface area (Å²) in [7, 11) is -1.32. The Labute approximate surface area is 199 Å². The maximum Gasteiger partial charge on any atom is 0.419 e. The zero-order valence-corrected chi connectivity index (χ0v) is 21.7. The van der Waals surface area contributed by atoms with Crippen molar-refractivity contribution in [2.24, 2.45) is 0 Å². The number of carbonyl (C=O) groups is 1. The van der Waals surface area contributed by atoms with E-state index in [4.69, 9.17) is 9.47 Å². The summed E-state index contributed by atoms with van der Waals surface area (Å²) < 4.78 is 53.8. The third-order valence-electron chi connectivity index (χ3n) is 5.38. The van der Waals surface area contributed by atoms with Crippen LogP contribution in [-0.4, -0.2) is 72.0 Å². The number of alkyl halides is 3. The minimum absolute atomic E-state index is 0.0140. The largest absolute Gasteiger partial charge is 0.444 e. The number of hydrogen-bond acceptors (Lipinski definition) is 6. The van der Waals surface area contributed by atoms with Crippen molar-refractivity contribution in [3.8, 4) is 0 Å². The summed E-state index contributed by atoms with van der Waals surface area (Å²) in [6.45, 7) is 14.1. The number of nitrogens with zero attached hydrogens (tertiary/aromatic N) is 5. The fraction of sp³-hybridized carbons (Fsp3) is 0.682. The number of aromatic nitrogens is 3. The highest BCUT2D eigenvalue weighted by molar-refractivity contribution is 6.76.